The van der Waals surface area contributed by atoms with E-state index in [0.717, 1.165) is 30.4 Å². The highest BCUT2D eigenvalue weighted by Crippen LogP contribution is 2.24. The van der Waals surface area contributed by atoms with Crippen molar-refractivity contribution in [2.45, 2.75) is 38.1 Å². The largest absolute Gasteiger partial charge is 0.341 e. The van der Waals surface area contributed by atoms with E-state index in [1.807, 2.05) is 22.4 Å². The number of likely N-dealkylation sites (tertiary alicyclic amines) is 2. The molecule has 2 aliphatic heterocycles. The predicted molar refractivity (Wildman–Crippen MR) is 105 cm³/mol. The van der Waals surface area contributed by atoms with Gasteiger partial charge in [0.1, 0.15) is 6.04 Å². The second kappa shape index (κ2) is 8.70. The van der Waals surface area contributed by atoms with Crippen LogP contribution in [0, 0.1) is 5.92 Å². The molecule has 9 heteroatoms. The van der Waals surface area contributed by atoms with Gasteiger partial charge in [-0.05, 0) is 43.0 Å². The van der Waals surface area contributed by atoms with Crippen LogP contribution in [0.2, 0.25) is 0 Å². The molecule has 3 rings (SSSR count). The summed E-state index contributed by atoms with van der Waals surface area (Å²) in [6.45, 7) is 2.21. The number of nitrogens with one attached hydrogen (secondary N) is 1. The fraction of sp³-hybridized carbons (Fsp3) is 0.667. The maximum Gasteiger partial charge on any atom is 0.245 e. The Balaban J connectivity index is 1.59. The van der Waals surface area contributed by atoms with Crippen LogP contribution in [0.1, 0.15) is 30.6 Å². The van der Waals surface area contributed by atoms with Crippen LogP contribution < -0.4 is 4.72 Å². The van der Waals surface area contributed by atoms with E-state index in [1.54, 1.807) is 16.2 Å². The molecule has 1 aromatic rings. The van der Waals surface area contributed by atoms with Gasteiger partial charge in [0.25, 0.3) is 0 Å². The Morgan fingerprint density at radius 2 is 2.04 bits per heavy atom. The highest BCUT2D eigenvalue weighted by atomic mass is 32.2. The summed E-state index contributed by atoms with van der Waals surface area (Å²) >= 11 is 1.56. The van der Waals surface area contributed by atoms with Gasteiger partial charge in [-0.3, -0.25) is 9.59 Å². The van der Waals surface area contributed by atoms with E-state index >= 15 is 0 Å². The molecule has 2 fully saturated rings. The Morgan fingerprint density at radius 1 is 1.26 bits per heavy atom. The molecule has 0 radical (unpaired) electrons. The zero-order valence-corrected chi connectivity index (χ0v) is 17.2. The molecule has 1 aromatic heterocycles. The maximum atomic E-state index is 13.1. The average molecular weight is 414 g/mol. The number of sulfonamides is 1. The van der Waals surface area contributed by atoms with Crippen LogP contribution >= 0.6 is 11.3 Å². The van der Waals surface area contributed by atoms with Crippen LogP contribution in [-0.4, -0.2) is 68.5 Å². The SMILES string of the molecule is CS(=O)(=O)NCC1CCCN(C(=O)C2CCCN2C(=O)Cc2cccs2)C1. The van der Waals surface area contributed by atoms with E-state index in [0.29, 0.717) is 39.0 Å². The highest BCUT2D eigenvalue weighted by molar-refractivity contribution is 7.88. The predicted octanol–water partition coefficient (Wildman–Crippen LogP) is 1.07. The number of rotatable bonds is 6. The van der Waals surface area contributed by atoms with Gasteiger partial charge in [0, 0.05) is 31.1 Å². The summed E-state index contributed by atoms with van der Waals surface area (Å²) in [5.74, 6) is 0.144. The van der Waals surface area contributed by atoms with Gasteiger partial charge in [-0.1, -0.05) is 6.07 Å². The van der Waals surface area contributed by atoms with Gasteiger partial charge in [-0.25, -0.2) is 13.1 Å². The molecule has 2 unspecified atom stereocenters. The number of carbonyl (C=O) groups excluding carboxylic acids is 2. The minimum absolute atomic E-state index is 0.0103. The van der Waals surface area contributed by atoms with E-state index in [4.69, 9.17) is 0 Å². The number of amides is 2. The monoisotopic (exact) mass is 413 g/mol. The van der Waals surface area contributed by atoms with Gasteiger partial charge in [-0.15, -0.1) is 11.3 Å². The first-order chi connectivity index (χ1) is 12.8. The van der Waals surface area contributed by atoms with Crippen LogP contribution in [0.25, 0.3) is 0 Å². The van der Waals surface area contributed by atoms with Gasteiger partial charge in [-0.2, -0.15) is 0 Å². The van der Waals surface area contributed by atoms with Crippen molar-refractivity contribution in [1.82, 2.24) is 14.5 Å². The third kappa shape index (κ3) is 5.52. The molecular weight excluding hydrogens is 386 g/mol. The summed E-state index contributed by atoms with van der Waals surface area (Å²) in [4.78, 5) is 30.3. The van der Waals surface area contributed by atoms with Gasteiger partial charge in [0.05, 0.1) is 12.7 Å². The summed E-state index contributed by atoms with van der Waals surface area (Å²) < 4.78 is 25.2. The Morgan fingerprint density at radius 3 is 2.74 bits per heavy atom. The van der Waals surface area contributed by atoms with Crippen molar-refractivity contribution < 1.29 is 18.0 Å². The van der Waals surface area contributed by atoms with Crippen molar-refractivity contribution in [2.24, 2.45) is 5.92 Å². The molecule has 1 N–H and O–H groups in total. The molecule has 0 spiro atoms. The number of hydrogen-bond acceptors (Lipinski definition) is 5. The number of hydrogen-bond donors (Lipinski definition) is 1. The van der Waals surface area contributed by atoms with Crippen molar-refractivity contribution in [1.29, 1.82) is 0 Å². The lowest BCUT2D eigenvalue weighted by molar-refractivity contribution is -0.144. The second-order valence-electron chi connectivity index (χ2n) is 7.41. The minimum Gasteiger partial charge on any atom is -0.341 e. The first-order valence-corrected chi connectivity index (χ1v) is 12.2. The molecule has 2 saturated heterocycles. The van der Waals surface area contributed by atoms with Crippen molar-refractivity contribution in [3.05, 3.63) is 22.4 Å². The van der Waals surface area contributed by atoms with Gasteiger partial charge in [0.15, 0.2) is 0 Å². The first kappa shape index (κ1) is 20.3. The fourth-order valence-corrected chi connectivity index (χ4v) is 5.13. The molecule has 7 nitrogen and oxygen atoms in total. The van der Waals surface area contributed by atoms with Gasteiger partial charge in [0.2, 0.25) is 21.8 Å². The average Bonchev–Trinajstić information content (AvgIpc) is 3.30. The molecule has 0 bridgehead atoms. The molecule has 0 aromatic carbocycles. The normalized spacial score (nSPS) is 23.6. The third-order valence-electron chi connectivity index (χ3n) is 5.23. The Hall–Kier alpha value is -1.45. The molecule has 2 aliphatic rings. The Labute approximate surface area is 164 Å². The molecule has 150 valence electrons. The molecule has 0 aliphatic carbocycles. The van der Waals surface area contributed by atoms with E-state index in [-0.39, 0.29) is 23.8 Å². The van der Waals surface area contributed by atoms with Crippen LogP contribution in [-0.2, 0) is 26.0 Å². The Kier molecular flexibility index (Phi) is 6.54. The zero-order valence-electron chi connectivity index (χ0n) is 15.6. The maximum absolute atomic E-state index is 13.1. The summed E-state index contributed by atoms with van der Waals surface area (Å²) in [5.41, 5.74) is 0. The minimum atomic E-state index is -3.23. The quantitative estimate of drug-likeness (QED) is 0.756. The molecular formula is C18H27N3O4S2. The zero-order chi connectivity index (χ0) is 19.4. The number of carbonyl (C=O) groups is 2. The van der Waals surface area contributed by atoms with Crippen molar-refractivity contribution in [2.75, 3.05) is 32.4 Å². The number of thiophene rings is 1. The van der Waals surface area contributed by atoms with E-state index in [1.165, 1.54) is 0 Å². The Bertz CT molecular complexity index is 764. The smallest absolute Gasteiger partial charge is 0.245 e. The third-order valence-corrected chi connectivity index (χ3v) is 6.80. The topological polar surface area (TPSA) is 86.8 Å². The van der Waals surface area contributed by atoms with Crippen molar-refractivity contribution in [3.63, 3.8) is 0 Å². The van der Waals surface area contributed by atoms with Crippen LogP contribution in [0.15, 0.2) is 17.5 Å². The molecule has 2 atom stereocenters. The van der Waals surface area contributed by atoms with Crippen LogP contribution in [0.4, 0.5) is 0 Å². The van der Waals surface area contributed by atoms with Gasteiger partial charge < -0.3 is 9.80 Å². The van der Waals surface area contributed by atoms with Crippen LogP contribution in [0.5, 0.6) is 0 Å². The van der Waals surface area contributed by atoms with Crippen molar-refractivity contribution >= 4 is 33.2 Å². The summed E-state index contributed by atoms with van der Waals surface area (Å²) in [5, 5.41) is 1.95. The molecule has 0 saturated carbocycles. The summed E-state index contributed by atoms with van der Waals surface area (Å²) in [6, 6.07) is 3.50. The fourth-order valence-electron chi connectivity index (χ4n) is 3.90. The lowest BCUT2D eigenvalue weighted by Gasteiger charge is -2.36. The highest BCUT2D eigenvalue weighted by Gasteiger charge is 2.37. The van der Waals surface area contributed by atoms with Crippen molar-refractivity contribution in [3.8, 4) is 0 Å². The van der Waals surface area contributed by atoms with Gasteiger partial charge >= 0.3 is 0 Å². The lowest BCUT2D eigenvalue weighted by Crippen LogP contribution is -2.51. The summed E-state index contributed by atoms with van der Waals surface area (Å²) in [6.07, 6.45) is 4.81. The number of nitrogens with zero attached hydrogens (tertiary/aromatic N) is 2. The van der Waals surface area contributed by atoms with E-state index in [9.17, 15) is 18.0 Å². The van der Waals surface area contributed by atoms with E-state index in [2.05, 4.69) is 4.72 Å². The number of piperidine rings is 1. The van der Waals surface area contributed by atoms with E-state index < -0.39 is 10.0 Å². The molecule has 27 heavy (non-hydrogen) atoms. The molecule has 3 heterocycles. The standard InChI is InChI=1S/C18H27N3O4S2/c1-27(24,25)19-12-14-5-2-8-20(13-14)18(23)16-7-3-9-21(16)17(22)11-15-6-4-10-26-15/h4,6,10,14,16,19H,2-3,5,7-9,11-13H2,1H3. The van der Waals surface area contributed by atoms with Crippen LogP contribution in [0.3, 0.4) is 0 Å². The first-order valence-electron chi connectivity index (χ1n) is 9.39. The summed E-state index contributed by atoms with van der Waals surface area (Å²) in [7, 11) is -3.23. The second-order valence-corrected chi connectivity index (χ2v) is 10.3. The molecule has 2 amide bonds. The lowest BCUT2D eigenvalue weighted by atomic mass is 9.97.